The molecule has 0 fully saturated rings. The lowest BCUT2D eigenvalue weighted by Gasteiger charge is -1.83. The van der Waals surface area contributed by atoms with Crippen LogP contribution in [0.2, 0.25) is 0 Å². The maximum absolute atomic E-state index is 11.0. The molecule has 0 spiro atoms. The van der Waals surface area contributed by atoms with Crippen LogP contribution in [0.3, 0.4) is 0 Å². The molecule has 0 unspecified atom stereocenters. The third-order valence-corrected chi connectivity index (χ3v) is 2.18. The highest BCUT2D eigenvalue weighted by atomic mass is 32.1. The monoisotopic (exact) mass is 167 g/mol. The summed E-state index contributed by atoms with van der Waals surface area (Å²) in [6, 6.07) is 0. The molecule has 58 valence electrons. The third-order valence-electron chi connectivity index (χ3n) is 1.28. The summed E-state index contributed by atoms with van der Waals surface area (Å²) in [7, 11) is 0. The van der Waals surface area contributed by atoms with Crippen molar-refractivity contribution in [3.8, 4) is 0 Å². The van der Waals surface area contributed by atoms with E-state index in [4.69, 9.17) is 0 Å². The number of hydrogen-bond acceptors (Lipinski definition) is 2. The fourth-order valence-corrected chi connectivity index (χ4v) is 1.47. The van der Waals surface area contributed by atoms with Gasteiger partial charge in [0.25, 0.3) is 5.56 Å². The van der Waals surface area contributed by atoms with Gasteiger partial charge >= 0.3 is 0 Å². The first kappa shape index (κ1) is 8.01. The summed E-state index contributed by atoms with van der Waals surface area (Å²) in [5.41, 5.74) is 0.663. The van der Waals surface area contributed by atoms with E-state index in [9.17, 15) is 4.79 Å². The molecule has 11 heavy (non-hydrogen) atoms. The number of aromatic amines is 1. The van der Waals surface area contributed by atoms with Gasteiger partial charge in [0.05, 0.1) is 10.4 Å². The molecular formula is C8H9NOS. The Bertz CT molecular complexity index is 332. The first-order chi connectivity index (χ1) is 5.29. The first-order valence-electron chi connectivity index (χ1n) is 3.26. The summed E-state index contributed by atoms with van der Waals surface area (Å²) in [5, 5.41) is 0. The van der Waals surface area contributed by atoms with Gasteiger partial charge in [-0.05, 0) is 13.0 Å². The number of allylic oxidation sites excluding steroid dienone is 1. The van der Waals surface area contributed by atoms with Crippen molar-refractivity contribution in [2.24, 2.45) is 0 Å². The molecule has 0 aliphatic carbocycles. The van der Waals surface area contributed by atoms with Crippen LogP contribution >= 0.6 is 11.5 Å². The van der Waals surface area contributed by atoms with Gasteiger partial charge in [0.1, 0.15) is 0 Å². The Morgan fingerprint density at radius 2 is 2.36 bits per heavy atom. The van der Waals surface area contributed by atoms with Crippen LogP contribution in [-0.2, 0) is 0 Å². The molecule has 0 aromatic carbocycles. The molecular weight excluding hydrogens is 158 g/mol. The molecule has 1 heterocycles. The highest BCUT2D eigenvalue weighted by molar-refractivity contribution is 7.07. The Hall–Kier alpha value is -1.09. The average molecular weight is 167 g/mol. The van der Waals surface area contributed by atoms with Gasteiger partial charge in [0.2, 0.25) is 0 Å². The second-order valence-corrected chi connectivity index (χ2v) is 2.86. The van der Waals surface area contributed by atoms with Crippen LogP contribution < -0.4 is 5.56 Å². The lowest BCUT2D eigenvalue weighted by molar-refractivity contribution is 1.41. The van der Waals surface area contributed by atoms with E-state index in [0.717, 1.165) is 4.88 Å². The summed E-state index contributed by atoms with van der Waals surface area (Å²) in [6.07, 6.45) is 5.30. The molecule has 1 rings (SSSR count). The van der Waals surface area contributed by atoms with Crippen molar-refractivity contribution in [3.63, 3.8) is 0 Å². The quantitative estimate of drug-likeness (QED) is 0.719. The lowest BCUT2D eigenvalue weighted by Crippen LogP contribution is -2.00. The van der Waals surface area contributed by atoms with E-state index in [1.165, 1.54) is 11.5 Å². The molecule has 0 saturated carbocycles. The molecule has 1 aromatic heterocycles. The molecule has 2 nitrogen and oxygen atoms in total. The van der Waals surface area contributed by atoms with Gasteiger partial charge in [-0.1, -0.05) is 30.3 Å². The zero-order valence-corrected chi connectivity index (χ0v) is 7.07. The number of hydrogen-bond donors (Lipinski definition) is 1. The average Bonchev–Trinajstić information content (AvgIpc) is 2.34. The van der Waals surface area contributed by atoms with E-state index in [1.54, 1.807) is 12.2 Å². The predicted octanol–water partition coefficient (Wildman–Crippen LogP) is 2.11. The molecule has 3 heteroatoms. The second kappa shape index (κ2) is 3.34. The van der Waals surface area contributed by atoms with E-state index in [0.29, 0.717) is 5.56 Å². The van der Waals surface area contributed by atoms with Gasteiger partial charge < -0.3 is 0 Å². The summed E-state index contributed by atoms with van der Waals surface area (Å²) in [4.78, 5) is 11.9. The highest BCUT2D eigenvalue weighted by Gasteiger charge is 2.01. The SMILES string of the molecule is C=Cc1s[nH]c(=O)c1/C=C\C. The molecule has 0 radical (unpaired) electrons. The van der Waals surface area contributed by atoms with Gasteiger partial charge in [0.15, 0.2) is 0 Å². The van der Waals surface area contributed by atoms with Crippen molar-refractivity contribution >= 4 is 23.7 Å². The van der Waals surface area contributed by atoms with E-state index in [-0.39, 0.29) is 5.56 Å². The van der Waals surface area contributed by atoms with Crippen LogP contribution in [0.15, 0.2) is 17.4 Å². The van der Waals surface area contributed by atoms with Gasteiger partial charge in [0, 0.05) is 0 Å². The van der Waals surface area contributed by atoms with Crippen molar-refractivity contribution in [1.29, 1.82) is 0 Å². The molecule has 0 amide bonds. The molecule has 0 aliphatic rings. The summed E-state index contributed by atoms with van der Waals surface area (Å²) in [6.45, 7) is 5.48. The maximum atomic E-state index is 11.0. The van der Waals surface area contributed by atoms with Gasteiger partial charge in [-0.15, -0.1) is 0 Å². The van der Waals surface area contributed by atoms with Crippen molar-refractivity contribution < 1.29 is 0 Å². The minimum atomic E-state index is -0.0389. The van der Waals surface area contributed by atoms with E-state index in [2.05, 4.69) is 11.0 Å². The fourth-order valence-electron chi connectivity index (χ4n) is 0.799. The zero-order valence-electron chi connectivity index (χ0n) is 6.26. The summed E-state index contributed by atoms with van der Waals surface area (Å²) >= 11 is 1.31. The number of H-pyrrole nitrogens is 1. The van der Waals surface area contributed by atoms with Crippen LogP contribution in [0.25, 0.3) is 12.2 Å². The predicted molar refractivity (Wildman–Crippen MR) is 49.7 cm³/mol. The fraction of sp³-hybridized carbons (Fsp3) is 0.125. The summed E-state index contributed by atoms with van der Waals surface area (Å²) in [5.74, 6) is 0. The van der Waals surface area contributed by atoms with E-state index < -0.39 is 0 Å². The Balaban J connectivity index is 3.28. The lowest BCUT2D eigenvalue weighted by atomic mass is 10.2. The number of rotatable bonds is 2. The van der Waals surface area contributed by atoms with Gasteiger partial charge in [-0.25, -0.2) is 0 Å². The molecule has 0 aliphatic heterocycles. The molecule has 0 bridgehead atoms. The van der Waals surface area contributed by atoms with Crippen LogP contribution in [0.1, 0.15) is 17.4 Å². The first-order valence-corrected chi connectivity index (χ1v) is 4.08. The van der Waals surface area contributed by atoms with Crippen LogP contribution in [0.5, 0.6) is 0 Å². The Morgan fingerprint density at radius 3 is 2.91 bits per heavy atom. The zero-order chi connectivity index (χ0) is 8.27. The highest BCUT2D eigenvalue weighted by Crippen LogP contribution is 2.11. The smallest absolute Gasteiger partial charge is 0.265 e. The third kappa shape index (κ3) is 1.49. The largest absolute Gasteiger partial charge is 0.277 e. The molecule has 0 saturated heterocycles. The normalized spacial score (nSPS) is 10.6. The molecule has 0 atom stereocenters. The molecule has 1 aromatic rings. The van der Waals surface area contributed by atoms with E-state index in [1.807, 2.05) is 13.0 Å². The van der Waals surface area contributed by atoms with Crippen LogP contribution in [-0.4, -0.2) is 4.37 Å². The van der Waals surface area contributed by atoms with Crippen LogP contribution in [0.4, 0.5) is 0 Å². The summed E-state index contributed by atoms with van der Waals surface area (Å²) < 4.78 is 2.64. The maximum Gasteiger partial charge on any atom is 0.265 e. The van der Waals surface area contributed by atoms with Crippen molar-refractivity contribution in [2.45, 2.75) is 6.92 Å². The topological polar surface area (TPSA) is 32.9 Å². The Morgan fingerprint density at radius 1 is 1.64 bits per heavy atom. The number of aromatic nitrogens is 1. The van der Waals surface area contributed by atoms with Gasteiger partial charge in [-0.3, -0.25) is 9.17 Å². The minimum Gasteiger partial charge on any atom is -0.277 e. The minimum absolute atomic E-state index is 0.0389. The number of nitrogens with one attached hydrogen (secondary N) is 1. The van der Waals surface area contributed by atoms with Crippen molar-refractivity contribution in [3.05, 3.63) is 33.4 Å². The van der Waals surface area contributed by atoms with Crippen molar-refractivity contribution in [2.75, 3.05) is 0 Å². The van der Waals surface area contributed by atoms with Gasteiger partial charge in [-0.2, -0.15) is 0 Å². The van der Waals surface area contributed by atoms with E-state index >= 15 is 0 Å². The van der Waals surface area contributed by atoms with Crippen LogP contribution in [0, 0.1) is 0 Å². The van der Waals surface area contributed by atoms with Crippen molar-refractivity contribution in [1.82, 2.24) is 4.37 Å². The second-order valence-electron chi connectivity index (χ2n) is 2.02. The Labute approximate surface area is 69.0 Å². The molecule has 1 N–H and O–H groups in total. The Kier molecular flexibility index (Phi) is 2.44. The standard InChI is InChI=1S/C8H9NOS/c1-3-5-6-7(4-2)11-9-8(6)10/h3-5H,2H2,1H3,(H,9,10)/b5-3-.